The number of nitrogens with one attached hydrogen (secondary N) is 1. The summed E-state index contributed by atoms with van der Waals surface area (Å²) in [7, 11) is 1.64. The molecule has 2 heterocycles. The number of ether oxygens (including phenoxy) is 1. The Morgan fingerprint density at radius 1 is 1.10 bits per heavy atom. The minimum absolute atomic E-state index is 0.518. The summed E-state index contributed by atoms with van der Waals surface area (Å²) in [6, 6.07) is 13.0. The van der Waals surface area contributed by atoms with E-state index in [9.17, 15) is 0 Å². The molecule has 3 aromatic rings. The van der Waals surface area contributed by atoms with Crippen LogP contribution in [0.3, 0.4) is 0 Å². The van der Waals surface area contributed by atoms with Crippen molar-refractivity contribution in [3.05, 3.63) is 54.9 Å². The van der Waals surface area contributed by atoms with Crippen LogP contribution in [0.1, 0.15) is 0 Å². The van der Waals surface area contributed by atoms with Gasteiger partial charge in [-0.05, 0) is 42.5 Å². The van der Waals surface area contributed by atoms with E-state index in [-0.39, 0.29) is 0 Å². The molecule has 2 aromatic heterocycles. The van der Waals surface area contributed by atoms with Gasteiger partial charge in [-0.3, -0.25) is 0 Å². The Morgan fingerprint density at radius 2 is 1.95 bits per heavy atom. The van der Waals surface area contributed by atoms with Gasteiger partial charge in [0.2, 0.25) is 5.95 Å². The Hall–Kier alpha value is -2.82. The maximum Gasteiger partial charge on any atom is 0.227 e. The van der Waals surface area contributed by atoms with Crippen molar-refractivity contribution in [2.24, 2.45) is 0 Å². The molecule has 0 fully saturated rings. The highest BCUT2D eigenvalue weighted by Crippen LogP contribution is 2.21. The first-order valence-corrected chi connectivity index (χ1v) is 6.13. The number of anilines is 2. The molecule has 0 saturated heterocycles. The molecule has 3 rings (SSSR count). The van der Waals surface area contributed by atoms with Gasteiger partial charge in [0.25, 0.3) is 0 Å². The van der Waals surface area contributed by atoms with E-state index in [1.54, 1.807) is 25.6 Å². The Morgan fingerprint density at radius 3 is 2.65 bits per heavy atom. The predicted molar refractivity (Wildman–Crippen MR) is 76.0 cm³/mol. The van der Waals surface area contributed by atoms with Crippen LogP contribution in [0.4, 0.5) is 11.6 Å². The Labute approximate surface area is 116 Å². The zero-order valence-corrected chi connectivity index (χ0v) is 10.9. The van der Waals surface area contributed by atoms with Gasteiger partial charge < -0.3 is 14.5 Å². The van der Waals surface area contributed by atoms with E-state index in [0.29, 0.717) is 11.7 Å². The first-order chi connectivity index (χ1) is 9.85. The van der Waals surface area contributed by atoms with Crippen LogP contribution < -0.4 is 10.1 Å². The minimum Gasteiger partial charge on any atom is -0.497 e. The fourth-order valence-electron chi connectivity index (χ4n) is 1.78. The van der Waals surface area contributed by atoms with Gasteiger partial charge >= 0.3 is 0 Å². The molecule has 0 amide bonds. The van der Waals surface area contributed by atoms with Gasteiger partial charge in [0, 0.05) is 11.9 Å². The fourth-order valence-corrected chi connectivity index (χ4v) is 1.78. The van der Waals surface area contributed by atoms with Crippen molar-refractivity contribution in [1.82, 2.24) is 9.97 Å². The van der Waals surface area contributed by atoms with E-state index in [1.807, 2.05) is 36.4 Å². The topological polar surface area (TPSA) is 60.2 Å². The molecule has 0 radical (unpaired) electrons. The predicted octanol–water partition coefficient (Wildman–Crippen LogP) is 3.49. The standard InChI is InChI=1S/C15H13N3O2/c1-19-12-6-4-11(5-7-12)17-15-16-9-8-13(18-15)14-3-2-10-20-14/h2-10H,1H3,(H,16,17,18). The number of methoxy groups -OCH3 is 1. The highest BCUT2D eigenvalue weighted by molar-refractivity contribution is 5.58. The van der Waals surface area contributed by atoms with Crippen LogP contribution in [0.5, 0.6) is 5.75 Å². The molecule has 5 heteroatoms. The third kappa shape index (κ3) is 2.61. The molecule has 0 spiro atoms. The number of hydrogen-bond acceptors (Lipinski definition) is 5. The number of aromatic nitrogens is 2. The zero-order chi connectivity index (χ0) is 13.8. The number of rotatable bonds is 4. The van der Waals surface area contributed by atoms with Crippen LogP contribution in [0.2, 0.25) is 0 Å². The van der Waals surface area contributed by atoms with Crippen molar-refractivity contribution >= 4 is 11.6 Å². The first kappa shape index (κ1) is 12.2. The van der Waals surface area contributed by atoms with Crippen LogP contribution in [0.15, 0.2) is 59.3 Å². The van der Waals surface area contributed by atoms with Crippen LogP contribution >= 0.6 is 0 Å². The summed E-state index contributed by atoms with van der Waals surface area (Å²) in [5.41, 5.74) is 1.63. The third-order valence-electron chi connectivity index (χ3n) is 2.78. The van der Waals surface area contributed by atoms with Gasteiger partial charge in [-0.25, -0.2) is 9.97 Å². The maximum absolute atomic E-state index is 5.32. The van der Waals surface area contributed by atoms with Gasteiger partial charge in [0.15, 0.2) is 5.76 Å². The van der Waals surface area contributed by atoms with Gasteiger partial charge in [-0.2, -0.15) is 0 Å². The van der Waals surface area contributed by atoms with Crippen LogP contribution in [0.25, 0.3) is 11.5 Å². The molecule has 20 heavy (non-hydrogen) atoms. The average Bonchev–Trinajstić information content (AvgIpc) is 3.03. The van der Waals surface area contributed by atoms with Crippen LogP contribution in [0, 0.1) is 0 Å². The summed E-state index contributed by atoms with van der Waals surface area (Å²) in [6.45, 7) is 0. The van der Waals surface area contributed by atoms with Gasteiger partial charge in [0.1, 0.15) is 11.4 Å². The molecule has 100 valence electrons. The van der Waals surface area contributed by atoms with Crippen molar-refractivity contribution in [2.75, 3.05) is 12.4 Å². The first-order valence-electron chi connectivity index (χ1n) is 6.13. The number of furan rings is 1. The quantitative estimate of drug-likeness (QED) is 0.784. The largest absolute Gasteiger partial charge is 0.497 e. The molecule has 0 unspecified atom stereocenters. The van der Waals surface area contributed by atoms with Crippen LogP contribution in [-0.4, -0.2) is 17.1 Å². The smallest absolute Gasteiger partial charge is 0.227 e. The molecule has 0 atom stereocenters. The lowest BCUT2D eigenvalue weighted by Gasteiger charge is -2.06. The summed E-state index contributed by atoms with van der Waals surface area (Å²) < 4.78 is 10.4. The van der Waals surface area contributed by atoms with Crippen molar-refractivity contribution in [1.29, 1.82) is 0 Å². The number of nitrogens with zero attached hydrogens (tertiary/aromatic N) is 2. The van der Waals surface area contributed by atoms with Crippen molar-refractivity contribution in [3.8, 4) is 17.2 Å². The van der Waals surface area contributed by atoms with Crippen molar-refractivity contribution in [2.45, 2.75) is 0 Å². The zero-order valence-electron chi connectivity index (χ0n) is 10.9. The van der Waals surface area contributed by atoms with Gasteiger partial charge in [0.05, 0.1) is 13.4 Å². The summed E-state index contributed by atoms with van der Waals surface area (Å²) in [5, 5.41) is 3.14. The molecule has 0 aliphatic rings. The second-order valence-electron chi connectivity index (χ2n) is 4.10. The van der Waals surface area contributed by atoms with Crippen LogP contribution in [-0.2, 0) is 0 Å². The fraction of sp³-hybridized carbons (Fsp3) is 0.0667. The number of benzene rings is 1. The average molecular weight is 267 g/mol. The van der Waals surface area contributed by atoms with Gasteiger partial charge in [-0.1, -0.05) is 0 Å². The third-order valence-corrected chi connectivity index (χ3v) is 2.78. The van der Waals surface area contributed by atoms with E-state index in [1.165, 1.54) is 0 Å². The summed E-state index contributed by atoms with van der Waals surface area (Å²) in [4.78, 5) is 8.60. The summed E-state index contributed by atoms with van der Waals surface area (Å²) >= 11 is 0. The molecule has 0 aliphatic heterocycles. The highest BCUT2D eigenvalue weighted by Gasteiger charge is 2.04. The molecule has 1 N–H and O–H groups in total. The van der Waals surface area contributed by atoms with Crippen molar-refractivity contribution in [3.63, 3.8) is 0 Å². The number of hydrogen-bond donors (Lipinski definition) is 1. The Balaban J connectivity index is 1.82. The van der Waals surface area contributed by atoms with Crippen molar-refractivity contribution < 1.29 is 9.15 Å². The lowest BCUT2D eigenvalue weighted by atomic mass is 10.3. The Kier molecular flexibility index (Phi) is 3.33. The second kappa shape index (κ2) is 5.44. The molecular weight excluding hydrogens is 254 g/mol. The lowest BCUT2D eigenvalue weighted by molar-refractivity contribution is 0.415. The normalized spacial score (nSPS) is 10.2. The Bertz CT molecular complexity index is 679. The second-order valence-corrected chi connectivity index (χ2v) is 4.10. The monoisotopic (exact) mass is 267 g/mol. The lowest BCUT2D eigenvalue weighted by Crippen LogP contribution is -1.97. The molecule has 5 nitrogen and oxygen atoms in total. The molecule has 0 saturated carbocycles. The molecule has 0 aliphatic carbocycles. The van der Waals surface area contributed by atoms with E-state index < -0.39 is 0 Å². The van der Waals surface area contributed by atoms with E-state index in [2.05, 4.69) is 15.3 Å². The van der Waals surface area contributed by atoms with E-state index in [4.69, 9.17) is 9.15 Å². The molecule has 0 bridgehead atoms. The van der Waals surface area contributed by atoms with E-state index in [0.717, 1.165) is 17.1 Å². The molecule has 1 aromatic carbocycles. The maximum atomic E-state index is 5.32. The summed E-state index contributed by atoms with van der Waals surface area (Å²) in [6.07, 6.45) is 3.31. The minimum atomic E-state index is 0.518. The van der Waals surface area contributed by atoms with E-state index >= 15 is 0 Å². The SMILES string of the molecule is COc1ccc(Nc2nccc(-c3ccco3)n2)cc1. The highest BCUT2D eigenvalue weighted by atomic mass is 16.5. The summed E-state index contributed by atoms with van der Waals surface area (Å²) in [5.74, 6) is 2.04. The molecular formula is C15H13N3O2. The van der Waals surface area contributed by atoms with Gasteiger partial charge in [-0.15, -0.1) is 0 Å².